The van der Waals surface area contributed by atoms with E-state index < -0.39 is 31.7 Å². The average molecular weight is 384 g/mol. The maximum atomic E-state index is 13.6. The van der Waals surface area contributed by atoms with Crippen LogP contribution in [-0.2, 0) is 20.8 Å². The highest BCUT2D eigenvalue weighted by atomic mass is 32.2. The number of hydrogen-bond donors (Lipinski definition) is 0. The van der Waals surface area contributed by atoms with E-state index in [2.05, 4.69) is 0 Å². The van der Waals surface area contributed by atoms with Crippen LogP contribution in [0.1, 0.15) is 24.8 Å². The number of alkyl halides is 3. The van der Waals surface area contributed by atoms with E-state index in [4.69, 9.17) is 4.74 Å². The second-order valence-corrected chi connectivity index (χ2v) is 8.61. The number of benzene rings is 2. The Morgan fingerprint density at radius 3 is 2.27 bits per heavy atom. The lowest BCUT2D eigenvalue weighted by Gasteiger charge is -2.18. The van der Waals surface area contributed by atoms with Gasteiger partial charge >= 0.3 is 6.18 Å². The van der Waals surface area contributed by atoms with Gasteiger partial charge in [-0.15, -0.1) is 0 Å². The van der Waals surface area contributed by atoms with Gasteiger partial charge in [-0.2, -0.15) is 13.2 Å². The molecule has 1 aliphatic carbocycles. The Kier molecular flexibility index (Phi) is 5.12. The van der Waals surface area contributed by atoms with E-state index in [-0.39, 0.29) is 12.5 Å². The van der Waals surface area contributed by atoms with Crippen LogP contribution >= 0.6 is 0 Å². The van der Waals surface area contributed by atoms with Crippen molar-refractivity contribution in [3.63, 3.8) is 0 Å². The molecule has 3 rings (SSSR count). The zero-order valence-electron chi connectivity index (χ0n) is 14.2. The third kappa shape index (κ3) is 3.64. The van der Waals surface area contributed by atoms with Crippen molar-refractivity contribution in [3.05, 3.63) is 54.1 Å². The lowest BCUT2D eigenvalue weighted by molar-refractivity contribution is -0.139. The summed E-state index contributed by atoms with van der Waals surface area (Å²) in [5.41, 5.74) is -0.181. The van der Waals surface area contributed by atoms with Crippen molar-refractivity contribution in [2.75, 3.05) is 7.11 Å². The summed E-state index contributed by atoms with van der Waals surface area (Å²) in [4.78, 5) is -0.647. The van der Waals surface area contributed by atoms with E-state index >= 15 is 0 Å². The van der Waals surface area contributed by atoms with E-state index in [0.29, 0.717) is 24.0 Å². The lowest BCUT2D eigenvalue weighted by Crippen LogP contribution is -2.23. The molecule has 1 saturated carbocycles. The molecular weight excluding hydrogens is 365 g/mol. The number of methoxy groups -OCH3 is 1. The molecule has 1 aliphatic rings. The van der Waals surface area contributed by atoms with E-state index in [1.54, 1.807) is 30.3 Å². The number of hydrogen-bond acceptors (Lipinski definition) is 3. The first-order valence-electron chi connectivity index (χ1n) is 8.27. The van der Waals surface area contributed by atoms with Crippen molar-refractivity contribution in [2.24, 2.45) is 0 Å². The summed E-state index contributed by atoms with van der Waals surface area (Å²) in [5.74, 6) is 0. The highest BCUT2D eigenvalue weighted by Crippen LogP contribution is 2.40. The summed E-state index contributed by atoms with van der Waals surface area (Å²) in [6, 6.07) is 12.0. The Morgan fingerprint density at radius 2 is 1.69 bits per heavy atom. The minimum absolute atomic E-state index is 0.219. The highest BCUT2D eigenvalue weighted by Gasteiger charge is 2.42. The molecule has 0 amide bonds. The summed E-state index contributed by atoms with van der Waals surface area (Å²) < 4.78 is 71.7. The predicted molar refractivity (Wildman–Crippen MR) is 92.5 cm³/mol. The van der Waals surface area contributed by atoms with Crippen molar-refractivity contribution in [2.45, 2.75) is 41.7 Å². The number of halogens is 3. The average Bonchev–Trinajstić information content (AvgIpc) is 3.11. The molecule has 2 atom stereocenters. The standard InChI is InChI=1S/C19H19F3O3S/c1-25-15-8-9-16(12-15)26(23,24)18-10-7-14(11-17(18)19(20,21)22)13-5-3-2-4-6-13/h2-7,10-11,15-16H,8-9,12H2,1H3. The highest BCUT2D eigenvalue weighted by molar-refractivity contribution is 7.92. The molecule has 0 spiro atoms. The summed E-state index contributed by atoms with van der Waals surface area (Å²) in [6.07, 6.45) is -3.93. The monoisotopic (exact) mass is 384 g/mol. The third-order valence-corrected chi connectivity index (χ3v) is 7.08. The van der Waals surface area contributed by atoms with Gasteiger partial charge in [0.1, 0.15) is 0 Å². The summed E-state index contributed by atoms with van der Waals surface area (Å²) in [6.45, 7) is 0. The molecule has 7 heteroatoms. The van der Waals surface area contributed by atoms with E-state index in [9.17, 15) is 21.6 Å². The molecule has 1 fully saturated rings. The predicted octanol–water partition coefficient (Wildman–Crippen LogP) is 4.71. The molecule has 2 aromatic rings. The van der Waals surface area contributed by atoms with Crippen LogP contribution in [0.5, 0.6) is 0 Å². The van der Waals surface area contributed by atoms with Gasteiger partial charge in [-0.1, -0.05) is 36.4 Å². The van der Waals surface area contributed by atoms with Crippen molar-refractivity contribution in [1.29, 1.82) is 0 Å². The molecule has 0 aromatic heterocycles. The first-order valence-corrected chi connectivity index (χ1v) is 9.81. The van der Waals surface area contributed by atoms with E-state index in [1.165, 1.54) is 13.2 Å². The fraction of sp³-hybridized carbons (Fsp3) is 0.368. The van der Waals surface area contributed by atoms with Gasteiger partial charge in [-0.05, 0) is 42.5 Å². The topological polar surface area (TPSA) is 43.4 Å². The lowest BCUT2D eigenvalue weighted by atomic mass is 10.0. The van der Waals surface area contributed by atoms with E-state index in [1.807, 2.05) is 0 Å². The van der Waals surface area contributed by atoms with Gasteiger partial charge in [0.25, 0.3) is 0 Å². The second kappa shape index (κ2) is 7.04. The first kappa shape index (κ1) is 18.9. The van der Waals surface area contributed by atoms with Crippen molar-refractivity contribution in [3.8, 4) is 11.1 Å². The van der Waals surface area contributed by atoms with Gasteiger partial charge < -0.3 is 4.74 Å². The van der Waals surface area contributed by atoms with Crippen molar-refractivity contribution < 1.29 is 26.3 Å². The molecule has 3 nitrogen and oxygen atoms in total. The van der Waals surface area contributed by atoms with Gasteiger partial charge in [-0.3, -0.25) is 0 Å². The fourth-order valence-electron chi connectivity index (χ4n) is 3.39. The Hall–Kier alpha value is -1.86. The van der Waals surface area contributed by atoms with Gasteiger partial charge in [0.2, 0.25) is 0 Å². The van der Waals surface area contributed by atoms with Gasteiger partial charge in [-0.25, -0.2) is 8.42 Å². The Balaban J connectivity index is 2.07. The molecule has 0 radical (unpaired) electrons. The van der Waals surface area contributed by atoms with Crippen LogP contribution in [0, 0.1) is 0 Å². The SMILES string of the molecule is COC1CCC(S(=O)(=O)c2ccc(-c3ccccc3)cc2C(F)(F)F)C1. The molecule has 2 aromatic carbocycles. The van der Waals surface area contributed by atoms with Crippen molar-refractivity contribution in [1.82, 2.24) is 0 Å². The molecule has 0 aliphatic heterocycles. The fourth-order valence-corrected chi connectivity index (χ4v) is 5.40. The smallest absolute Gasteiger partial charge is 0.381 e. The molecule has 26 heavy (non-hydrogen) atoms. The summed E-state index contributed by atoms with van der Waals surface area (Å²) in [7, 11) is -2.61. The molecule has 0 bridgehead atoms. The molecule has 0 saturated heterocycles. The zero-order valence-corrected chi connectivity index (χ0v) is 15.0. The van der Waals surface area contributed by atoms with Gasteiger partial charge in [0.15, 0.2) is 9.84 Å². The third-order valence-electron chi connectivity index (χ3n) is 4.81. The van der Waals surface area contributed by atoms with Crippen LogP contribution in [0.3, 0.4) is 0 Å². The molecular formula is C19H19F3O3S. The van der Waals surface area contributed by atoms with E-state index in [0.717, 1.165) is 12.1 Å². The quantitative estimate of drug-likeness (QED) is 0.767. The van der Waals surface area contributed by atoms with Crippen LogP contribution < -0.4 is 0 Å². The molecule has 140 valence electrons. The first-order chi connectivity index (χ1) is 12.2. The number of sulfone groups is 1. The van der Waals surface area contributed by atoms with Crippen molar-refractivity contribution >= 4 is 9.84 Å². The maximum Gasteiger partial charge on any atom is 0.417 e. The number of ether oxygens (including phenoxy) is 1. The van der Waals surface area contributed by atoms with Crippen LogP contribution in [0.25, 0.3) is 11.1 Å². The Morgan fingerprint density at radius 1 is 1.00 bits per heavy atom. The van der Waals surface area contributed by atoms with Crippen LogP contribution in [0.15, 0.2) is 53.4 Å². The Bertz CT molecular complexity index is 877. The van der Waals surface area contributed by atoms with Gasteiger partial charge in [0, 0.05) is 7.11 Å². The largest absolute Gasteiger partial charge is 0.417 e. The van der Waals surface area contributed by atoms with Crippen LogP contribution in [-0.4, -0.2) is 26.9 Å². The molecule has 0 N–H and O–H groups in total. The minimum Gasteiger partial charge on any atom is -0.381 e. The molecule has 2 unspecified atom stereocenters. The second-order valence-electron chi connectivity index (χ2n) is 6.41. The van der Waals surface area contributed by atoms with Crippen LogP contribution in [0.4, 0.5) is 13.2 Å². The Labute approximate surface area is 150 Å². The van der Waals surface area contributed by atoms with Gasteiger partial charge in [0.05, 0.1) is 21.8 Å². The number of rotatable bonds is 4. The summed E-state index contributed by atoms with van der Waals surface area (Å²) >= 11 is 0. The van der Waals surface area contributed by atoms with Crippen LogP contribution in [0.2, 0.25) is 0 Å². The zero-order chi connectivity index (χ0) is 18.9. The summed E-state index contributed by atoms with van der Waals surface area (Å²) in [5, 5.41) is -0.851. The minimum atomic E-state index is -4.76. The molecule has 0 heterocycles. The normalized spacial score (nSPS) is 21.1. The maximum absolute atomic E-state index is 13.6.